The van der Waals surface area contributed by atoms with Crippen molar-refractivity contribution in [1.82, 2.24) is 0 Å². The molecule has 4 heteroatoms. The van der Waals surface area contributed by atoms with E-state index in [1.54, 1.807) is 38.1 Å². The fourth-order valence-corrected chi connectivity index (χ4v) is 1.91. The monoisotopic (exact) mass is 254 g/mol. The van der Waals surface area contributed by atoms with Crippen molar-refractivity contribution in [2.75, 3.05) is 0 Å². The minimum atomic E-state index is -0.242. The predicted molar refractivity (Wildman–Crippen MR) is 71.4 cm³/mol. The third-order valence-corrected chi connectivity index (χ3v) is 3.82. The Kier molecular flexibility index (Phi) is 5.09. The van der Waals surface area contributed by atoms with Crippen molar-refractivity contribution in [2.45, 2.75) is 25.5 Å². The van der Waals surface area contributed by atoms with E-state index in [9.17, 15) is 9.59 Å². The Hall–Kier alpha value is -0.740. The summed E-state index contributed by atoms with van der Waals surface area (Å²) in [5.74, 6) is -0.0438. The first-order valence-corrected chi connectivity index (χ1v) is 7.01. The average Bonchev–Trinajstić information content (AvgIpc) is 2.35. The predicted octanol–water partition coefficient (Wildman–Crippen LogP) is 3.43. The second kappa shape index (κ2) is 6.11. The summed E-state index contributed by atoms with van der Waals surface area (Å²) in [5, 5.41) is -0.242. The topological polar surface area (TPSA) is 34.1 Å². The second-order valence-electron chi connectivity index (χ2n) is 3.43. The molecule has 0 N–H and O–H groups in total. The van der Waals surface area contributed by atoms with E-state index < -0.39 is 0 Å². The van der Waals surface area contributed by atoms with Crippen molar-refractivity contribution < 1.29 is 9.59 Å². The maximum atomic E-state index is 12.0. The Morgan fingerprint density at radius 3 is 2.38 bits per heavy atom. The number of rotatable bonds is 5. The van der Waals surface area contributed by atoms with Crippen molar-refractivity contribution in [2.24, 2.45) is 0 Å². The number of hydrogen-bond donors (Lipinski definition) is 1. The molecule has 1 aromatic rings. The van der Waals surface area contributed by atoms with E-state index in [0.717, 1.165) is 0 Å². The standard InChI is InChI=1S/C12H14O2S2/c1-3-11(13)9-6-4-5-7-10(9)12(14)8(2)16-15/h4-8,15H,3H2,1-2H3. The molecule has 0 heterocycles. The highest BCUT2D eigenvalue weighted by Gasteiger charge is 2.19. The van der Waals surface area contributed by atoms with E-state index in [-0.39, 0.29) is 16.8 Å². The van der Waals surface area contributed by atoms with Crippen LogP contribution in [0.25, 0.3) is 0 Å². The van der Waals surface area contributed by atoms with Gasteiger partial charge < -0.3 is 0 Å². The van der Waals surface area contributed by atoms with E-state index >= 15 is 0 Å². The van der Waals surface area contributed by atoms with Gasteiger partial charge in [0.25, 0.3) is 0 Å². The van der Waals surface area contributed by atoms with Crippen molar-refractivity contribution in [3.05, 3.63) is 35.4 Å². The molecule has 2 nitrogen and oxygen atoms in total. The van der Waals surface area contributed by atoms with Crippen LogP contribution in [0.1, 0.15) is 41.0 Å². The minimum Gasteiger partial charge on any atom is -0.294 e. The number of carbonyl (C=O) groups is 2. The van der Waals surface area contributed by atoms with E-state index in [1.807, 2.05) is 0 Å². The van der Waals surface area contributed by atoms with Crippen LogP contribution < -0.4 is 0 Å². The summed E-state index contributed by atoms with van der Waals surface area (Å²) in [6, 6.07) is 6.95. The Bertz CT molecular complexity index is 402. The molecule has 1 aromatic carbocycles. The molecular formula is C12H14O2S2. The second-order valence-corrected chi connectivity index (χ2v) is 4.98. The van der Waals surface area contributed by atoms with Gasteiger partial charge in [-0.1, -0.05) is 42.0 Å². The minimum absolute atomic E-state index is 0.000291. The summed E-state index contributed by atoms with van der Waals surface area (Å²) < 4.78 is 0. The number of benzene rings is 1. The molecule has 1 rings (SSSR count). The Morgan fingerprint density at radius 2 is 1.88 bits per heavy atom. The zero-order valence-corrected chi connectivity index (χ0v) is 11.0. The van der Waals surface area contributed by atoms with Crippen LogP contribution >= 0.6 is 22.5 Å². The number of ketones is 2. The van der Waals surface area contributed by atoms with Gasteiger partial charge in [0.2, 0.25) is 0 Å². The summed E-state index contributed by atoms with van der Waals surface area (Å²) in [5.41, 5.74) is 1.02. The molecule has 1 atom stereocenters. The highest BCUT2D eigenvalue weighted by Crippen LogP contribution is 2.21. The van der Waals surface area contributed by atoms with Crippen molar-refractivity contribution in [3.63, 3.8) is 0 Å². The molecule has 0 bridgehead atoms. The summed E-state index contributed by atoms with van der Waals surface area (Å²) in [6.45, 7) is 3.58. The molecule has 0 radical (unpaired) electrons. The van der Waals surface area contributed by atoms with Crippen LogP contribution in [-0.2, 0) is 0 Å². The molecule has 0 saturated heterocycles. The van der Waals surface area contributed by atoms with Gasteiger partial charge in [-0.2, -0.15) is 0 Å². The summed E-state index contributed by atoms with van der Waals surface area (Å²) in [7, 11) is 1.19. The van der Waals surface area contributed by atoms with E-state index in [1.165, 1.54) is 10.8 Å². The van der Waals surface area contributed by atoms with Crippen LogP contribution in [-0.4, -0.2) is 16.8 Å². The van der Waals surface area contributed by atoms with Crippen LogP contribution in [0.15, 0.2) is 24.3 Å². The maximum absolute atomic E-state index is 12.0. The number of thiol groups is 1. The number of Topliss-reactive ketones (excluding diaryl/α,β-unsaturated/α-hetero) is 2. The van der Waals surface area contributed by atoms with Gasteiger partial charge in [0.1, 0.15) is 0 Å². The first kappa shape index (κ1) is 13.3. The van der Waals surface area contributed by atoms with Crippen LogP contribution in [0.4, 0.5) is 0 Å². The van der Waals surface area contributed by atoms with E-state index in [4.69, 9.17) is 0 Å². The molecule has 16 heavy (non-hydrogen) atoms. The first-order valence-electron chi connectivity index (χ1n) is 5.08. The van der Waals surface area contributed by atoms with Crippen LogP contribution in [0, 0.1) is 0 Å². The highest BCUT2D eigenvalue weighted by molar-refractivity contribution is 8.69. The van der Waals surface area contributed by atoms with Crippen molar-refractivity contribution >= 4 is 34.0 Å². The zero-order chi connectivity index (χ0) is 12.1. The van der Waals surface area contributed by atoms with Gasteiger partial charge in [-0.3, -0.25) is 9.59 Å². The quantitative estimate of drug-likeness (QED) is 0.496. The number of carbonyl (C=O) groups excluding carboxylic acids is 2. The van der Waals surface area contributed by atoms with Gasteiger partial charge in [0.15, 0.2) is 11.6 Å². The fourth-order valence-electron chi connectivity index (χ4n) is 1.40. The van der Waals surface area contributed by atoms with E-state index in [2.05, 4.69) is 11.7 Å². The van der Waals surface area contributed by atoms with Gasteiger partial charge in [-0.25, -0.2) is 0 Å². The van der Waals surface area contributed by atoms with Crippen LogP contribution in [0.3, 0.4) is 0 Å². The SMILES string of the molecule is CCC(=O)c1ccccc1C(=O)C(C)SS. The van der Waals surface area contributed by atoms with Gasteiger partial charge in [0.05, 0.1) is 5.25 Å². The van der Waals surface area contributed by atoms with Crippen molar-refractivity contribution in [3.8, 4) is 0 Å². The Labute approximate surface area is 105 Å². The molecule has 0 spiro atoms. The molecule has 0 aliphatic heterocycles. The zero-order valence-electron chi connectivity index (χ0n) is 9.27. The fraction of sp³-hybridized carbons (Fsp3) is 0.333. The Morgan fingerprint density at radius 1 is 1.31 bits per heavy atom. The lowest BCUT2D eigenvalue weighted by Gasteiger charge is -2.10. The van der Waals surface area contributed by atoms with Crippen LogP contribution in [0.5, 0.6) is 0 Å². The summed E-state index contributed by atoms with van der Waals surface area (Å²) in [4.78, 5) is 23.7. The normalized spacial score (nSPS) is 12.2. The third kappa shape index (κ3) is 2.89. The van der Waals surface area contributed by atoms with Crippen LogP contribution in [0.2, 0.25) is 0 Å². The molecule has 0 aliphatic carbocycles. The smallest absolute Gasteiger partial charge is 0.177 e. The maximum Gasteiger partial charge on any atom is 0.177 e. The molecule has 1 unspecified atom stereocenters. The molecule has 86 valence electrons. The van der Waals surface area contributed by atoms with Gasteiger partial charge in [0, 0.05) is 17.5 Å². The van der Waals surface area contributed by atoms with Gasteiger partial charge in [-0.15, -0.1) is 11.7 Å². The Balaban J connectivity index is 3.13. The third-order valence-electron chi connectivity index (χ3n) is 2.34. The largest absolute Gasteiger partial charge is 0.294 e. The number of hydrogen-bond acceptors (Lipinski definition) is 4. The summed E-state index contributed by atoms with van der Waals surface area (Å²) in [6.07, 6.45) is 0.409. The first-order chi connectivity index (χ1) is 7.61. The lowest BCUT2D eigenvalue weighted by molar-refractivity contribution is 0.0958. The lowest BCUT2D eigenvalue weighted by Crippen LogP contribution is -2.16. The average molecular weight is 254 g/mol. The van der Waals surface area contributed by atoms with Gasteiger partial charge in [-0.05, 0) is 6.92 Å². The lowest BCUT2D eigenvalue weighted by atomic mass is 9.98. The van der Waals surface area contributed by atoms with Crippen molar-refractivity contribution in [1.29, 1.82) is 0 Å². The molecular weight excluding hydrogens is 240 g/mol. The summed E-state index contributed by atoms with van der Waals surface area (Å²) >= 11 is 4.02. The molecule has 0 aromatic heterocycles. The van der Waals surface area contributed by atoms with E-state index in [0.29, 0.717) is 17.5 Å². The molecule has 0 amide bonds. The molecule has 0 fully saturated rings. The molecule has 0 aliphatic rings. The van der Waals surface area contributed by atoms with Gasteiger partial charge >= 0.3 is 0 Å². The highest BCUT2D eigenvalue weighted by atomic mass is 33.1. The molecule has 0 saturated carbocycles.